The van der Waals surface area contributed by atoms with Crippen LogP contribution in [0.15, 0.2) is 18.2 Å². The molecule has 0 saturated carbocycles. The molecule has 1 aliphatic heterocycles. The lowest BCUT2D eigenvalue weighted by molar-refractivity contribution is 0.726. The molecular formula is C13H17BrClN. The largest absolute Gasteiger partial charge is 0.371 e. The topological polar surface area (TPSA) is 3.24 Å². The Kier molecular flexibility index (Phi) is 4.54. The van der Waals surface area contributed by atoms with E-state index >= 15 is 0 Å². The molecule has 1 heterocycles. The lowest BCUT2D eigenvalue weighted by atomic mass is 10.2. The lowest BCUT2D eigenvalue weighted by Gasteiger charge is -2.23. The minimum atomic E-state index is 0.826. The van der Waals surface area contributed by atoms with Crippen LogP contribution in [0, 0.1) is 0 Å². The molecule has 0 amide bonds. The molecule has 0 aromatic heterocycles. The van der Waals surface area contributed by atoms with E-state index in [4.69, 9.17) is 11.6 Å². The predicted molar refractivity (Wildman–Crippen MR) is 74.8 cm³/mol. The molecule has 0 aliphatic carbocycles. The van der Waals surface area contributed by atoms with Crippen LogP contribution in [0.5, 0.6) is 0 Å². The number of alkyl halides is 1. The van der Waals surface area contributed by atoms with Gasteiger partial charge in [0.05, 0.1) is 0 Å². The first kappa shape index (κ1) is 12.3. The van der Waals surface area contributed by atoms with Crippen molar-refractivity contribution in [3.63, 3.8) is 0 Å². The van der Waals surface area contributed by atoms with Gasteiger partial charge in [0.25, 0.3) is 0 Å². The van der Waals surface area contributed by atoms with Crippen LogP contribution >= 0.6 is 27.5 Å². The van der Waals surface area contributed by atoms with Crippen molar-refractivity contribution in [3.8, 4) is 0 Å². The molecule has 0 unspecified atom stereocenters. The molecule has 1 nitrogen and oxygen atoms in total. The molecule has 0 atom stereocenters. The molecule has 1 fully saturated rings. The van der Waals surface area contributed by atoms with Gasteiger partial charge in [-0.15, -0.1) is 0 Å². The van der Waals surface area contributed by atoms with Crippen molar-refractivity contribution in [2.75, 3.05) is 18.0 Å². The summed E-state index contributed by atoms with van der Waals surface area (Å²) in [6.45, 7) is 2.34. The Morgan fingerprint density at radius 1 is 1.12 bits per heavy atom. The molecule has 88 valence electrons. The summed E-state index contributed by atoms with van der Waals surface area (Å²) in [5.74, 6) is 0. The van der Waals surface area contributed by atoms with E-state index in [1.807, 2.05) is 0 Å². The van der Waals surface area contributed by atoms with Gasteiger partial charge in [-0.25, -0.2) is 0 Å². The van der Waals surface area contributed by atoms with Gasteiger partial charge < -0.3 is 4.90 Å². The Morgan fingerprint density at radius 3 is 2.38 bits per heavy atom. The fourth-order valence-corrected chi connectivity index (χ4v) is 3.06. The maximum atomic E-state index is 6.23. The number of halogens is 2. The van der Waals surface area contributed by atoms with Crippen molar-refractivity contribution in [1.82, 2.24) is 0 Å². The second kappa shape index (κ2) is 5.92. The Balaban J connectivity index is 2.16. The van der Waals surface area contributed by atoms with E-state index in [1.54, 1.807) is 0 Å². The van der Waals surface area contributed by atoms with E-state index in [0.29, 0.717) is 0 Å². The molecule has 1 saturated heterocycles. The second-order valence-electron chi connectivity index (χ2n) is 4.31. The van der Waals surface area contributed by atoms with Gasteiger partial charge in [-0.3, -0.25) is 0 Å². The average Bonchev–Trinajstić information content (AvgIpc) is 2.57. The van der Waals surface area contributed by atoms with Crippen LogP contribution in [0.3, 0.4) is 0 Å². The van der Waals surface area contributed by atoms with Crippen LogP contribution in [0.1, 0.15) is 31.2 Å². The standard InChI is InChI=1S/C13H17BrClN/c14-10-11-5-6-12(9-13(11)15)16-7-3-1-2-4-8-16/h5-6,9H,1-4,7-8,10H2. The summed E-state index contributed by atoms with van der Waals surface area (Å²) in [7, 11) is 0. The van der Waals surface area contributed by atoms with Crippen molar-refractivity contribution in [1.29, 1.82) is 0 Å². The van der Waals surface area contributed by atoms with Gasteiger partial charge in [0.15, 0.2) is 0 Å². The first-order valence-corrected chi connectivity index (χ1v) is 7.40. The number of nitrogens with zero attached hydrogens (tertiary/aromatic N) is 1. The summed E-state index contributed by atoms with van der Waals surface area (Å²) >= 11 is 9.68. The average molecular weight is 303 g/mol. The van der Waals surface area contributed by atoms with Gasteiger partial charge in [0.1, 0.15) is 0 Å². The summed E-state index contributed by atoms with van der Waals surface area (Å²) in [6.07, 6.45) is 5.34. The van der Waals surface area contributed by atoms with Crippen molar-refractivity contribution < 1.29 is 0 Å². The Morgan fingerprint density at radius 2 is 1.81 bits per heavy atom. The maximum Gasteiger partial charge on any atom is 0.0467 e. The molecule has 1 aromatic carbocycles. The van der Waals surface area contributed by atoms with E-state index in [1.165, 1.54) is 50.0 Å². The Hall–Kier alpha value is -0.210. The highest BCUT2D eigenvalue weighted by molar-refractivity contribution is 9.08. The van der Waals surface area contributed by atoms with Gasteiger partial charge in [0, 0.05) is 29.1 Å². The van der Waals surface area contributed by atoms with Crippen molar-refractivity contribution in [2.24, 2.45) is 0 Å². The fourth-order valence-electron chi connectivity index (χ4n) is 2.17. The Bertz CT molecular complexity index is 346. The first-order valence-electron chi connectivity index (χ1n) is 5.90. The van der Waals surface area contributed by atoms with E-state index in [2.05, 4.69) is 39.0 Å². The summed E-state index contributed by atoms with van der Waals surface area (Å²) in [5.41, 5.74) is 2.44. The number of hydrogen-bond acceptors (Lipinski definition) is 1. The zero-order valence-corrected chi connectivity index (χ0v) is 11.7. The third-order valence-electron chi connectivity index (χ3n) is 3.15. The third kappa shape index (κ3) is 2.92. The lowest BCUT2D eigenvalue weighted by Crippen LogP contribution is -2.23. The molecule has 3 heteroatoms. The first-order chi connectivity index (χ1) is 7.81. The third-order valence-corrected chi connectivity index (χ3v) is 4.11. The smallest absolute Gasteiger partial charge is 0.0467 e. The van der Waals surface area contributed by atoms with Gasteiger partial charge >= 0.3 is 0 Å². The van der Waals surface area contributed by atoms with Gasteiger partial charge in [0.2, 0.25) is 0 Å². The number of benzene rings is 1. The second-order valence-corrected chi connectivity index (χ2v) is 5.28. The minimum Gasteiger partial charge on any atom is -0.371 e. The fraction of sp³-hybridized carbons (Fsp3) is 0.538. The van der Waals surface area contributed by atoms with Crippen molar-refractivity contribution >= 4 is 33.2 Å². The van der Waals surface area contributed by atoms with Gasteiger partial charge in [-0.2, -0.15) is 0 Å². The molecular weight excluding hydrogens is 286 g/mol. The summed E-state index contributed by atoms with van der Waals surface area (Å²) in [5, 5.41) is 1.70. The van der Waals surface area contributed by atoms with Crippen LogP contribution in [-0.4, -0.2) is 13.1 Å². The predicted octanol–water partition coefficient (Wildman–Crippen LogP) is 4.62. The summed E-state index contributed by atoms with van der Waals surface area (Å²) in [4.78, 5) is 2.46. The minimum absolute atomic E-state index is 0.826. The molecule has 1 aromatic rings. The molecule has 0 N–H and O–H groups in total. The van der Waals surface area contributed by atoms with Crippen LogP contribution in [0.25, 0.3) is 0 Å². The van der Waals surface area contributed by atoms with Gasteiger partial charge in [-0.1, -0.05) is 46.4 Å². The van der Waals surface area contributed by atoms with Crippen molar-refractivity contribution in [3.05, 3.63) is 28.8 Å². The monoisotopic (exact) mass is 301 g/mol. The molecule has 0 radical (unpaired) electrons. The number of rotatable bonds is 2. The van der Waals surface area contributed by atoms with Gasteiger partial charge in [-0.05, 0) is 30.5 Å². The number of hydrogen-bond donors (Lipinski definition) is 0. The van der Waals surface area contributed by atoms with Crippen LogP contribution in [0.2, 0.25) is 5.02 Å². The van der Waals surface area contributed by atoms with Crippen LogP contribution in [0.4, 0.5) is 5.69 Å². The SMILES string of the molecule is Clc1cc(N2CCCCCC2)ccc1CBr. The Labute approximate surface area is 111 Å². The number of anilines is 1. The van der Waals surface area contributed by atoms with E-state index in [9.17, 15) is 0 Å². The van der Waals surface area contributed by atoms with E-state index in [-0.39, 0.29) is 0 Å². The molecule has 1 aliphatic rings. The molecule has 2 rings (SSSR count). The highest BCUT2D eigenvalue weighted by Crippen LogP contribution is 2.26. The molecule has 0 spiro atoms. The highest BCUT2D eigenvalue weighted by Gasteiger charge is 2.11. The van der Waals surface area contributed by atoms with Crippen LogP contribution in [-0.2, 0) is 5.33 Å². The summed E-state index contributed by atoms with van der Waals surface area (Å²) in [6, 6.07) is 6.41. The highest BCUT2D eigenvalue weighted by atomic mass is 79.9. The van der Waals surface area contributed by atoms with Crippen LogP contribution < -0.4 is 4.90 Å². The van der Waals surface area contributed by atoms with E-state index < -0.39 is 0 Å². The normalized spacial score (nSPS) is 17.2. The summed E-state index contributed by atoms with van der Waals surface area (Å²) < 4.78 is 0. The quantitative estimate of drug-likeness (QED) is 0.721. The zero-order chi connectivity index (χ0) is 11.4. The van der Waals surface area contributed by atoms with Crippen molar-refractivity contribution in [2.45, 2.75) is 31.0 Å². The molecule has 0 bridgehead atoms. The molecule has 16 heavy (non-hydrogen) atoms. The zero-order valence-electron chi connectivity index (χ0n) is 9.38. The maximum absolute atomic E-state index is 6.23. The van der Waals surface area contributed by atoms with E-state index in [0.717, 1.165) is 10.4 Å².